The topological polar surface area (TPSA) is 120 Å². The molecule has 148 valence electrons. The van der Waals surface area contributed by atoms with E-state index in [1.54, 1.807) is 32.2 Å². The number of nitro benzene ring substituents is 1. The van der Waals surface area contributed by atoms with Crippen molar-refractivity contribution in [2.75, 3.05) is 18.5 Å². The number of ether oxygens (including phenoxy) is 1. The fourth-order valence-electron chi connectivity index (χ4n) is 3.39. The van der Waals surface area contributed by atoms with Crippen molar-refractivity contribution in [3.05, 3.63) is 63.1 Å². The first-order valence-corrected chi connectivity index (χ1v) is 9.04. The number of aliphatic hydroxyl groups excluding tert-OH is 1. The smallest absolute Gasteiger partial charge is 0.338 e. The van der Waals surface area contributed by atoms with Gasteiger partial charge in [-0.15, -0.1) is 0 Å². The van der Waals surface area contributed by atoms with E-state index in [1.165, 1.54) is 12.1 Å². The third kappa shape index (κ3) is 3.61. The summed E-state index contributed by atoms with van der Waals surface area (Å²) in [6.45, 7) is 3.71. The highest BCUT2D eigenvalue weighted by Crippen LogP contribution is 2.38. The van der Waals surface area contributed by atoms with Crippen LogP contribution in [0.2, 0.25) is 0 Å². The second-order valence-electron chi connectivity index (χ2n) is 6.41. The number of nitrogens with one attached hydrogen (secondary N) is 1. The van der Waals surface area contributed by atoms with Gasteiger partial charge in [0.25, 0.3) is 5.69 Å². The van der Waals surface area contributed by atoms with Gasteiger partial charge in [0.1, 0.15) is 0 Å². The van der Waals surface area contributed by atoms with Crippen LogP contribution in [0.1, 0.15) is 37.6 Å². The van der Waals surface area contributed by atoms with Crippen molar-refractivity contribution in [2.45, 2.75) is 32.7 Å². The molecule has 0 radical (unpaired) electrons. The molecule has 1 aromatic carbocycles. The number of imidazole rings is 1. The summed E-state index contributed by atoms with van der Waals surface area (Å²) >= 11 is 0. The highest BCUT2D eigenvalue weighted by Gasteiger charge is 2.35. The molecule has 9 nitrogen and oxygen atoms in total. The lowest BCUT2D eigenvalue weighted by atomic mass is 9.94. The number of esters is 1. The lowest BCUT2D eigenvalue weighted by Gasteiger charge is -2.31. The Kier molecular flexibility index (Phi) is 5.74. The Bertz CT molecular complexity index is 934. The lowest BCUT2D eigenvalue weighted by Crippen LogP contribution is -2.30. The molecule has 2 N–H and O–H groups in total. The molecule has 3 rings (SSSR count). The van der Waals surface area contributed by atoms with Crippen LogP contribution in [-0.2, 0) is 16.0 Å². The summed E-state index contributed by atoms with van der Waals surface area (Å²) in [6.07, 6.45) is 2.76. The number of anilines is 1. The lowest BCUT2D eigenvalue weighted by molar-refractivity contribution is -0.384. The van der Waals surface area contributed by atoms with E-state index in [0.717, 1.165) is 5.69 Å². The Morgan fingerprint density at radius 1 is 1.46 bits per heavy atom. The first-order valence-electron chi connectivity index (χ1n) is 9.04. The van der Waals surface area contributed by atoms with E-state index in [9.17, 15) is 20.0 Å². The van der Waals surface area contributed by atoms with Crippen LogP contribution in [0.4, 0.5) is 11.6 Å². The Labute approximate surface area is 161 Å². The number of carbonyl (C=O) groups is 1. The zero-order chi connectivity index (χ0) is 20.3. The van der Waals surface area contributed by atoms with Gasteiger partial charge in [0.05, 0.1) is 29.3 Å². The van der Waals surface area contributed by atoms with Crippen molar-refractivity contribution in [1.29, 1.82) is 0 Å². The zero-order valence-corrected chi connectivity index (χ0v) is 15.7. The molecule has 0 aliphatic carbocycles. The second-order valence-corrected chi connectivity index (χ2v) is 6.41. The van der Waals surface area contributed by atoms with E-state index in [-0.39, 0.29) is 18.9 Å². The number of hydrogen-bond acceptors (Lipinski definition) is 7. The third-order valence-electron chi connectivity index (χ3n) is 4.59. The van der Waals surface area contributed by atoms with E-state index in [1.807, 2.05) is 4.57 Å². The molecule has 1 aromatic heterocycles. The Morgan fingerprint density at radius 2 is 2.25 bits per heavy atom. The van der Waals surface area contributed by atoms with E-state index in [0.29, 0.717) is 35.6 Å². The summed E-state index contributed by atoms with van der Waals surface area (Å²) in [5.41, 5.74) is 2.29. The van der Waals surface area contributed by atoms with Crippen molar-refractivity contribution in [1.82, 2.24) is 9.55 Å². The standard InChI is InChI=1S/C19H22N4O5/c1-3-28-18(25)16-12(2)21-19-20-11-15(8-5-9-24)22(19)17(16)13-6-4-7-14(10-13)23(26)27/h4,6-7,10-11,17,24H,3,5,8-9H2,1-2H3,(H,20,21). The van der Waals surface area contributed by atoms with Crippen LogP contribution in [0, 0.1) is 10.1 Å². The first-order chi connectivity index (χ1) is 13.5. The molecule has 1 aliphatic heterocycles. The van der Waals surface area contributed by atoms with Crippen molar-refractivity contribution in [2.24, 2.45) is 0 Å². The maximum atomic E-state index is 12.7. The van der Waals surface area contributed by atoms with Gasteiger partial charge in [-0.2, -0.15) is 0 Å². The molecule has 9 heteroatoms. The maximum Gasteiger partial charge on any atom is 0.338 e. The van der Waals surface area contributed by atoms with Gasteiger partial charge in [0.15, 0.2) is 0 Å². The molecule has 1 atom stereocenters. The first kappa shape index (κ1) is 19.6. The van der Waals surface area contributed by atoms with E-state index in [4.69, 9.17) is 4.74 Å². The number of rotatable bonds is 7. The van der Waals surface area contributed by atoms with Gasteiger partial charge < -0.3 is 19.7 Å². The summed E-state index contributed by atoms with van der Waals surface area (Å²) in [6, 6.07) is 5.59. The number of carbonyl (C=O) groups excluding carboxylic acids is 1. The minimum atomic E-state index is -0.619. The molecular formula is C19H22N4O5. The van der Waals surface area contributed by atoms with Gasteiger partial charge >= 0.3 is 5.97 Å². The predicted octanol–water partition coefficient (Wildman–Crippen LogP) is 2.57. The molecule has 0 amide bonds. The minimum absolute atomic E-state index is 0.0228. The number of nitro groups is 1. The quantitative estimate of drug-likeness (QED) is 0.426. The summed E-state index contributed by atoms with van der Waals surface area (Å²) in [5, 5.41) is 23.6. The number of aryl methyl sites for hydroxylation is 1. The van der Waals surface area contributed by atoms with Crippen LogP contribution in [0.5, 0.6) is 0 Å². The normalized spacial score (nSPS) is 15.8. The average molecular weight is 386 g/mol. The summed E-state index contributed by atoms with van der Waals surface area (Å²) < 4.78 is 7.09. The molecule has 0 bridgehead atoms. The Balaban J connectivity index is 2.18. The number of hydrogen-bond donors (Lipinski definition) is 2. The average Bonchev–Trinajstić information content (AvgIpc) is 3.07. The fourth-order valence-corrected chi connectivity index (χ4v) is 3.39. The monoisotopic (exact) mass is 386 g/mol. The number of benzene rings is 1. The number of aromatic nitrogens is 2. The number of allylic oxidation sites excluding steroid dienone is 1. The number of aliphatic hydroxyl groups is 1. The molecule has 1 aliphatic rings. The van der Waals surface area contributed by atoms with Crippen LogP contribution >= 0.6 is 0 Å². The molecule has 0 saturated carbocycles. The summed E-state index contributed by atoms with van der Waals surface area (Å²) in [7, 11) is 0. The van der Waals surface area contributed by atoms with Crippen LogP contribution in [0.25, 0.3) is 0 Å². The second kappa shape index (κ2) is 8.22. The van der Waals surface area contributed by atoms with Gasteiger partial charge in [-0.3, -0.25) is 10.1 Å². The Hall–Kier alpha value is -3.20. The van der Waals surface area contributed by atoms with Crippen LogP contribution in [-0.4, -0.2) is 38.8 Å². The van der Waals surface area contributed by atoms with Gasteiger partial charge in [0.2, 0.25) is 5.95 Å². The maximum absolute atomic E-state index is 12.7. The largest absolute Gasteiger partial charge is 0.463 e. The number of nitrogens with zero attached hydrogens (tertiary/aromatic N) is 3. The van der Waals surface area contributed by atoms with E-state index >= 15 is 0 Å². The van der Waals surface area contributed by atoms with Crippen molar-refractivity contribution in [3.63, 3.8) is 0 Å². The van der Waals surface area contributed by atoms with Crippen LogP contribution in [0.3, 0.4) is 0 Å². The molecule has 0 fully saturated rings. The highest BCUT2D eigenvalue weighted by atomic mass is 16.6. The highest BCUT2D eigenvalue weighted by molar-refractivity contribution is 5.92. The van der Waals surface area contributed by atoms with Gasteiger partial charge in [-0.25, -0.2) is 9.78 Å². The van der Waals surface area contributed by atoms with E-state index in [2.05, 4.69) is 10.3 Å². The molecule has 0 spiro atoms. The Morgan fingerprint density at radius 3 is 2.93 bits per heavy atom. The summed E-state index contributed by atoms with van der Waals surface area (Å²) in [4.78, 5) is 27.9. The molecule has 28 heavy (non-hydrogen) atoms. The van der Waals surface area contributed by atoms with Crippen molar-refractivity contribution < 1.29 is 19.6 Å². The van der Waals surface area contributed by atoms with Gasteiger partial charge in [0, 0.05) is 30.1 Å². The molecule has 0 saturated heterocycles. The van der Waals surface area contributed by atoms with Crippen molar-refractivity contribution in [3.8, 4) is 0 Å². The predicted molar refractivity (Wildman–Crippen MR) is 102 cm³/mol. The minimum Gasteiger partial charge on any atom is -0.463 e. The molecule has 1 unspecified atom stereocenters. The number of non-ortho nitro benzene ring substituents is 1. The van der Waals surface area contributed by atoms with Crippen LogP contribution in [0.15, 0.2) is 41.7 Å². The van der Waals surface area contributed by atoms with Crippen molar-refractivity contribution >= 4 is 17.6 Å². The zero-order valence-electron chi connectivity index (χ0n) is 15.7. The third-order valence-corrected chi connectivity index (χ3v) is 4.59. The number of fused-ring (bicyclic) bond motifs is 1. The molecule has 2 aromatic rings. The summed E-state index contributed by atoms with van der Waals surface area (Å²) in [5.74, 6) is 0.0476. The molecule has 2 heterocycles. The van der Waals surface area contributed by atoms with Gasteiger partial charge in [-0.05, 0) is 32.3 Å². The van der Waals surface area contributed by atoms with E-state index < -0.39 is 16.9 Å². The SMILES string of the molecule is CCOC(=O)C1=C(C)Nc2ncc(CCCO)n2C1c1cccc([N+](=O)[O-])c1. The fraction of sp³-hybridized carbons (Fsp3) is 0.368. The van der Waals surface area contributed by atoms with Gasteiger partial charge in [-0.1, -0.05) is 12.1 Å². The molecular weight excluding hydrogens is 364 g/mol. The van der Waals surface area contributed by atoms with Crippen LogP contribution < -0.4 is 5.32 Å².